The highest BCUT2D eigenvalue weighted by Gasteiger charge is 2.08. The number of anilines is 1. The molecule has 0 spiro atoms. The van der Waals surface area contributed by atoms with Crippen LogP contribution in [-0.2, 0) is 11.2 Å². The third kappa shape index (κ3) is 4.03. The van der Waals surface area contributed by atoms with Crippen molar-refractivity contribution in [2.75, 3.05) is 19.5 Å². The second kappa shape index (κ2) is 7.74. The molecule has 0 unspecified atom stereocenters. The second-order valence-electron chi connectivity index (χ2n) is 5.86. The van der Waals surface area contributed by atoms with Crippen LogP contribution in [0, 0.1) is 0 Å². The summed E-state index contributed by atoms with van der Waals surface area (Å²) in [7, 11) is 3.15. The summed E-state index contributed by atoms with van der Waals surface area (Å²) >= 11 is 0. The van der Waals surface area contributed by atoms with Gasteiger partial charge in [-0.2, -0.15) is 0 Å². The Kier molecular flexibility index (Phi) is 5.22. The van der Waals surface area contributed by atoms with E-state index in [9.17, 15) is 9.59 Å². The van der Waals surface area contributed by atoms with E-state index in [0.717, 1.165) is 5.39 Å². The molecule has 0 radical (unpaired) electrons. The van der Waals surface area contributed by atoms with E-state index in [1.54, 1.807) is 44.6 Å². The van der Waals surface area contributed by atoms with Crippen LogP contribution >= 0.6 is 0 Å². The lowest BCUT2D eigenvalue weighted by molar-refractivity contribution is -0.116. The molecule has 6 heteroatoms. The molecular weight excluding hydrogens is 332 g/mol. The summed E-state index contributed by atoms with van der Waals surface area (Å²) in [6.45, 7) is 0. The molecule has 1 aromatic heterocycles. The van der Waals surface area contributed by atoms with Gasteiger partial charge in [0.05, 0.1) is 19.7 Å². The van der Waals surface area contributed by atoms with Crippen LogP contribution in [0.15, 0.2) is 53.3 Å². The molecule has 0 saturated carbocycles. The predicted octanol–water partition coefficient (Wildman–Crippen LogP) is 3.12. The van der Waals surface area contributed by atoms with Crippen molar-refractivity contribution >= 4 is 22.5 Å². The fourth-order valence-corrected chi connectivity index (χ4v) is 2.71. The van der Waals surface area contributed by atoms with Gasteiger partial charge in [0.2, 0.25) is 5.91 Å². The Hall–Kier alpha value is -3.28. The van der Waals surface area contributed by atoms with E-state index in [-0.39, 0.29) is 17.9 Å². The van der Waals surface area contributed by atoms with E-state index in [1.165, 1.54) is 0 Å². The molecule has 0 aliphatic carbocycles. The largest absolute Gasteiger partial charge is 0.497 e. The number of amides is 1. The Morgan fingerprint density at radius 2 is 1.81 bits per heavy atom. The molecule has 134 valence electrons. The van der Waals surface area contributed by atoms with Crippen molar-refractivity contribution in [1.82, 2.24) is 4.98 Å². The van der Waals surface area contributed by atoms with Gasteiger partial charge in [-0.05, 0) is 42.1 Å². The number of aryl methyl sites for hydroxylation is 1. The van der Waals surface area contributed by atoms with Crippen molar-refractivity contribution < 1.29 is 14.3 Å². The van der Waals surface area contributed by atoms with Gasteiger partial charge in [-0.15, -0.1) is 0 Å². The van der Waals surface area contributed by atoms with Gasteiger partial charge < -0.3 is 19.8 Å². The number of hydrogen-bond acceptors (Lipinski definition) is 4. The van der Waals surface area contributed by atoms with Gasteiger partial charge in [-0.25, -0.2) is 0 Å². The molecule has 2 N–H and O–H groups in total. The van der Waals surface area contributed by atoms with Gasteiger partial charge >= 0.3 is 0 Å². The van der Waals surface area contributed by atoms with Crippen molar-refractivity contribution in [2.24, 2.45) is 0 Å². The molecule has 1 amide bonds. The van der Waals surface area contributed by atoms with E-state index in [1.807, 2.05) is 18.2 Å². The zero-order valence-electron chi connectivity index (χ0n) is 14.7. The first-order valence-corrected chi connectivity index (χ1v) is 8.23. The number of carbonyl (C=O) groups excluding carboxylic acids is 1. The molecule has 0 bridgehead atoms. The molecule has 6 nitrogen and oxygen atoms in total. The molecule has 3 rings (SSSR count). The second-order valence-corrected chi connectivity index (χ2v) is 5.86. The summed E-state index contributed by atoms with van der Waals surface area (Å²) in [5.74, 6) is 1.19. The molecule has 0 aliphatic rings. The average molecular weight is 352 g/mol. The van der Waals surface area contributed by atoms with Gasteiger partial charge in [0.15, 0.2) is 0 Å². The Bertz CT molecular complexity index is 995. The van der Waals surface area contributed by atoms with E-state index in [0.29, 0.717) is 34.7 Å². The van der Waals surface area contributed by atoms with Crippen LogP contribution in [-0.4, -0.2) is 25.1 Å². The third-order valence-electron chi connectivity index (χ3n) is 4.10. The normalized spacial score (nSPS) is 10.5. The minimum absolute atomic E-state index is 0.160. The molecule has 0 atom stereocenters. The molecule has 1 heterocycles. The van der Waals surface area contributed by atoms with Gasteiger partial charge in [-0.3, -0.25) is 9.59 Å². The number of aromatic nitrogens is 1. The quantitative estimate of drug-likeness (QED) is 0.714. The number of fused-ring (bicyclic) bond motifs is 1. The SMILES string of the molecule is COc1cccc(NC(=O)CCc2cc3ccc(OC)cc3[nH]c2=O)c1. The predicted molar refractivity (Wildman–Crippen MR) is 101 cm³/mol. The Morgan fingerprint density at radius 3 is 2.58 bits per heavy atom. The number of carbonyl (C=O) groups is 1. The number of aromatic amines is 1. The summed E-state index contributed by atoms with van der Waals surface area (Å²) in [6, 6.07) is 14.4. The Morgan fingerprint density at radius 1 is 1.04 bits per heavy atom. The molecule has 0 saturated heterocycles. The summed E-state index contributed by atoms with van der Waals surface area (Å²) < 4.78 is 10.3. The highest BCUT2D eigenvalue weighted by molar-refractivity contribution is 5.91. The number of rotatable bonds is 6. The number of benzene rings is 2. The lowest BCUT2D eigenvalue weighted by Gasteiger charge is -2.08. The standard InChI is InChI=1S/C20H20N2O4/c1-25-16-5-3-4-15(11-16)21-19(23)9-7-14-10-13-6-8-17(26-2)12-18(13)22-20(14)24/h3-6,8,10-12H,7,9H2,1-2H3,(H,21,23)(H,22,24). The Labute approximate surface area is 150 Å². The number of hydrogen-bond donors (Lipinski definition) is 2. The first-order chi connectivity index (χ1) is 12.6. The number of ether oxygens (including phenoxy) is 2. The molecular formula is C20H20N2O4. The maximum Gasteiger partial charge on any atom is 0.251 e. The fraction of sp³-hybridized carbons (Fsp3) is 0.200. The van der Waals surface area contributed by atoms with Gasteiger partial charge in [0.1, 0.15) is 11.5 Å². The molecule has 0 fully saturated rings. The number of H-pyrrole nitrogens is 1. The topological polar surface area (TPSA) is 80.4 Å². The molecule has 0 aliphatic heterocycles. The van der Waals surface area contributed by atoms with Crippen LogP contribution in [0.4, 0.5) is 5.69 Å². The summed E-state index contributed by atoms with van der Waals surface area (Å²) in [4.78, 5) is 27.2. The number of methoxy groups -OCH3 is 2. The zero-order valence-corrected chi connectivity index (χ0v) is 14.7. The summed E-state index contributed by atoms with van der Waals surface area (Å²) in [5, 5.41) is 3.71. The lowest BCUT2D eigenvalue weighted by Crippen LogP contribution is -2.17. The molecule has 2 aromatic carbocycles. The minimum atomic E-state index is -0.195. The van der Waals surface area contributed by atoms with Crippen molar-refractivity contribution in [3.05, 3.63) is 64.4 Å². The van der Waals surface area contributed by atoms with E-state index < -0.39 is 0 Å². The summed E-state index contributed by atoms with van der Waals surface area (Å²) in [6.07, 6.45) is 0.565. The van der Waals surface area contributed by atoms with Crippen molar-refractivity contribution in [2.45, 2.75) is 12.8 Å². The number of nitrogens with one attached hydrogen (secondary N) is 2. The fourth-order valence-electron chi connectivity index (χ4n) is 2.71. The van der Waals surface area contributed by atoms with E-state index >= 15 is 0 Å². The monoisotopic (exact) mass is 352 g/mol. The summed E-state index contributed by atoms with van der Waals surface area (Å²) in [5.41, 5.74) is 1.75. The van der Waals surface area contributed by atoms with E-state index in [2.05, 4.69) is 10.3 Å². The third-order valence-corrected chi connectivity index (χ3v) is 4.10. The zero-order chi connectivity index (χ0) is 18.5. The highest BCUT2D eigenvalue weighted by Crippen LogP contribution is 2.19. The molecule has 26 heavy (non-hydrogen) atoms. The van der Waals surface area contributed by atoms with E-state index in [4.69, 9.17) is 9.47 Å². The van der Waals surface area contributed by atoms with Crippen LogP contribution in [0.3, 0.4) is 0 Å². The number of pyridine rings is 1. The maximum atomic E-state index is 12.2. The van der Waals surface area contributed by atoms with Crippen LogP contribution in [0.1, 0.15) is 12.0 Å². The molecule has 3 aromatic rings. The van der Waals surface area contributed by atoms with Gasteiger partial charge in [-0.1, -0.05) is 6.07 Å². The van der Waals surface area contributed by atoms with Gasteiger partial charge in [0, 0.05) is 29.8 Å². The Balaban J connectivity index is 1.69. The van der Waals surface area contributed by atoms with Crippen LogP contribution in [0.25, 0.3) is 10.9 Å². The van der Waals surface area contributed by atoms with Crippen LogP contribution < -0.4 is 20.3 Å². The van der Waals surface area contributed by atoms with Crippen LogP contribution in [0.2, 0.25) is 0 Å². The minimum Gasteiger partial charge on any atom is -0.497 e. The van der Waals surface area contributed by atoms with Crippen LogP contribution in [0.5, 0.6) is 11.5 Å². The first kappa shape index (κ1) is 17.5. The van der Waals surface area contributed by atoms with Crippen molar-refractivity contribution in [3.63, 3.8) is 0 Å². The van der Waals surface area contributed by atoms with Crippen molar-refractivity contribution in [3.8, 4) is 11.5 Å². The average Bonchev–Trinajstić information content (AvgIpc) is 2.66. The van der Waals surface area contributed by atoms with Gasteiger partial charge in [0.25, 0.3) is 5.56 Å². The first-order valence-electron chi connectivity index (χ1n) is 8.23. The maximum absolute atomic E-state index is 12.2. The highest BCUT2D eigenvalue weighted by atomic mass is 16.5. The smallest absolute Gasteiger partial charge is 0.251 e. The van der Waals surface area contributed by atoms with Crippen molar-refractivity contribution in [1.29, 1.82) is 0 Å². The lowest BCUT2D eigenvalue weighted by atomic mass is 10.1.